The van der Waals surface area contributed by atoms with Gasteiger partial charge in [-0.25, -0.2) is 4.98 Å². The maximum atomic E-state index is 12.6. The third-order valence-corrected chi connectivity index (χ3v) is 4.50. The molecule has 0 unspecified atom stereocenters. The van der Waals surface area contributed by atoms with Crippen molar-refractivity contribution in [2.75, 3.05) is 11.9 Å². The van der Waals surface area contributed by atoms with Gasteiger partial charge >= 0.3 is 6.18 Å². The zero-order valence-corrected chi connectivity index (χ0v) is 15.7. The minimum atomic E-state index is -4.42. The van der Waals surface area contributed by atoms with Crippen LogP contribution in [0.3, 0.4) is 0 Å². The summed E-state index contributed by atoms with van der Waals surface area (Å²) < 4.78 is 50.0. The number of amides is 1. The molecular weight excluding hydrogens is 399 g/mol. The Morgan fingerprint density at radius 2 is 1.93 bits per heavy atom. The zero-order chi connectivity index (χ0) is 21.3. The zero-order valence-electron chi connectivity index (χ0n) is 15.7. The summed E-state index contributed by atoms with van der Waals surface area (Å²) in [6.07, 6.45) is -1.25. The van der Waals surface area contributed by atoms with Crippen LogP contribution in [0.5, 0.6) is 5.75 Å². The quantitative estimate of drug-likeness (QED) is 0.505. The van der Waals surface area contributed by atoms with Crippen molar-refractivity contribution in [1.29, 1.82) is 0 Å². The largest absolute Gasteiger partial charge is 0.484 e. The van der Waals surface area contributed by atoms with Crippen molar-refractivity contribution in [3.05, 3.63) is 66.6 Å². The van der Waals surface area contributed by atoms with Crippen LogP contribution in [0, 0.1) is 0 Å². The first-order valence-corrected chi connectivity index (χ1v) is 8.90. The molecule has 9 heteroatoms. The molecule has 0 atom stereocenters. The molecule has 1 N–H and O–H groups in total. The number of hydrogen-bond acceptors (Lipinski definition) is 4. The van der Waals surface area contributed by atoms with Gasteiger partial charge in [0.15, 0.2) is 6.61 Å². The highest BCUT2D eigenvalue weighted by atomic mass is 19.4. The number of imidazole rings is 1. The van der Waals surface area contributed by atoms with Gasteiger partial charge in [0, 0.05) is 12.7 Å². The standard InChI is InChI=1S/C21H16F3N3O3/c1-27-18-10-15(4-7-17(18)26-20(27)13-8-9-29-11-13)25-19(28)12-30-16-5-2-14(3-6-16)21(22,23)24/h2-11H,12H2,1H3,(H,25,28). The molecule has 0 bridgehead atoms. The Balaban J connectivity index is 1.42. The molecule has 0 saturated carbocycles. The molecule has 0 aliphatic carbocycles. The van der Waals surface area contributed by atoms with E-state index in [1.165, 1.54) is 12.1 Å². The lowest BCUT2D eigenvalue weighted by molar-refractivity contribution is -0.137. The summed E-state index contributed by atoms with van der Waals surface area (Å²) in [4.78, 5) is 16.7. The van der Waals surface area contributed by atoms with Gasteiger partial charge in [0.1, 0.15) is 17.8 Å². The predicted molar refractivity (Wildman–Crippen MR) is 104 cm³/mol. The van der Waals surface area contributed by atoms with Crippen LogP contribution in [-0.2, 0) is 18.0 Å². The second kappa shape index (κ2) is 7.58. The molecule has 2 aromatic heterocycles. The SMILES string of the molecule is Cn1c(-c2ccoc2)nc2ccc(NC(=O)COc3ccc(C(F)(F)F)cc3)cc21. The number of halogens is 3. The molecule has 0 radical (unpaired) electrons. The molecule has 0 fully saturated rings. The summed E-state index contributed by atoms with van der Waals surface area (Å²) in [5.74, 6) is 0.462. The van der Waals surface area contributed by atoms with Gasteiger partial charge in [-0.2, -0.15) is 13.2 Å². The first-order valence-electron chi connectivity index (χ1n) is 8.90. The van der Waals surface area contributed by atoms with E-state index in [2.05, 4.69) is 10.3 Å². The molecule has 6 nitrogen and oxygen atoms in total. The molecule has 30 heavy (non-hydrogen) atoms. The first-order chi connectivity index (χ1) is 14.3. The molecule has 0 aliphatic heterocycles. The summed E-state index contributed by atoms with van der Waals surface area (Å²) in [7, 11) is 1.86. The molecule has 0 aliphatic rings. The Morgan fingerprint density at radius 1 is 1.17 bits per heavy atom. The molecule has 2 heterocycles. The minimum absolute atomic E-state index is 0.171. The van der Waals surface area contributed by atoms with Crippen molar-refractivity contribution >= 4 is 22.6 Å². The maximum Gasteiger partial charge on any atom is 0.416 e. The summed E-state index contributed by atoms with van der Waals surface area (Å²) in [5.41, 5.74) is 2.17. The van der Waals surface area contributed by atoms with Crippen molar-refractivity contribution in [1.82, 2.24) is 9.55 Å². The average Bonchev–Trinajstić information content (AvgIpc) is 3.34. The number of aromatic nitrogens is 2. The average molecular weight is 415 g/mol. The number of nitrogens with one attached hydrogen (secondary N) is 1. The van der Waals surface area contributed by atoms with E-state index in [1.54, 1.807) is 30.7 Å². The first kappa shape index (κ1) is 19.6. The lowest BCUT2D eigenvalue weighted by atomic mass is 10.2. The fourth-order valence-electron chi connectivity index (χ4n) is 3.00. The fourth-order valence-corrected chi connectivity index (χ4v) is 3.00. The van der Waals surface area contributed by atoms with E-state index >= 15 is 0 Å². The molecular formula is C21H16F3N3O3. The second-order valence-electron chi connectivity index (χ2n) is 6.57. The third kappa shape index (κ3) is 4.00. The van der Waals surface area contributed by atoms with Crippen LogP contribution in [0.2, 0.25) is 0 Å². The Kier molecular flexibility index (Phi) is 4.94. The van der Waals surface area contributed by atoms with Gasteiger partial charge in [-0.15, -0.1) is 0 Å². The number of fused-ring (bicyclic) bond motifs is 1. The van der Waals surface area contributed by atoms with Gasteiger partial charge < -0.3 is 19.0 Å². The number of rotatable bonds is 5. The van der Waals surface area contributed by atoms with Crippen molar-refractivity contribution < 1.29 is 27.1 Å². The van der Waals surface area contributed by atoms with Crippen LogP contribution in [0.1, 0.15) is 5.56 Å². The van der Waals surface area contributed by atoms with E-state index in [9.17, 15) is 18.0 Å². The minimum Gasteiger partial charge on any atom is -0.484 e. The van der Waals surface area contributed by atoms with Gasteiger partial charge in [0.25, 0.3) is 5.91 Å². The number of nitrogens with zero attached hydrogens (tertiary/aromatic N) is 2. The highest BCUT2D eigenvalue weighted by Crippen LogP contribution is 2.30. The fraction of sp³-hybridized carbons (Fsp3) is 0.143. The number of alkyl halides is 3. The molecule has 4 aromatic rings. The lowest BCUT2D eigenvalue weighted by Gasteiger charge is -2.10. The van der Waals surface area contributed by atoms with Crippen LogP contribution in [0.25, 0.3) is 22.4 Å². The Morgan fingerprint density at radius 3 is 2.60 bits per heavy atom. The predicted octanol–water partition coefficient (Wildman–Crippen LogP) is 4.87. The number of ether oxygens (including phenoxy) is 1. The Labute approximate surface area is 168 Å². The number of furan rings is 1. The summed E-state index contributed by atoms with van der Waals surface area (Å²) >= 11 is 0. The summed E-state index contributed by atoms with van der Waals surface area (Å²) in [6, 6.07) is 11.2. The van der Waals surface area contributed by atoms with Crippen LogP contribution in [0.15, 0.2) is 65.5 Å². The molecule has 4 rings (SSSR count). The van der Waals surface area contributed by atoms with E-state index in [1.807, 2.05) is 17.7 Å². The van der Waals surface area contributed by atoms with Crippen LogP contribution in [0.4, 0.5) is 18.9 Å². The number of carbonyl (C=O) groups is 1. The van der Waals surface area contributed by atoms with Gasteiger partial charge in [0.05, 0.1) is 28.4 Å². The number of anilines is 1. The third-order valence-electron chi connectivity index (χ3n) is 4.50. The van der Waals surface area contributed by atoms with E-state index in [-0.39, 0.29) is 12.4 Å². The summed E-state index contributed by atoms with van der Waals surface area (Å²) in [5, 5.41) is 2.71. The van der Waals surface area contributed by atoms with Gasteiger partial charge in [0.2, 0.25) is 0 Å². The Hall–Kier alpha value is -3.75. The van der Waals surface area contributed by atoms with Crippen molar-refractivity contribution in [2.24, 2.45) is 7.05 Å². The molecule has 0 spiro atoms. The van der Waals surface area contributed by atoms with Gasteiger partial charge in [-0.05, 0) is 48.5 Å². The number of carbonyl (C=O) groups excluding carboxylic acids is 1. The topological polar surface area (TPSA) is 69.3 Å². The molecule has 154 valence electrons. The normalized spacial score (nSPS) is 11.6. The van der Waals surface area contributed by atoms with Crippen molar-refractivity contribution in [3.63, 3.8) is 0 Å². The van der Waals surface area contributed by atoms with Crippen molar-refractivity contribution in [2.45, 2.75) is 6.18 Å². The van der Waals surface area contributed by atoms with Crippen LogP contribution < -0.4 is 10.1 Å². The molecule has 1 amide bonds. The second-order valence-corrected chi connectivity index (χ2v) is 6.57. The number of aryl methyl sites for hydroxylation is 1. The van der Waals surface area contributed by atoms with E-state index in [0.29, 0.717) is 5.69 Å². The van der Waals surface area contributed by atoms with E-state index < -0.39 is 17.6 Å². The van der Waals surface area contributed by atoms with Gasteiger partial charge in [-0.3, -0.25) is 4.79 Å². The van der Waals surface area contributed by atoms with E-state index in [4.69, 9.17) is 9.15 Å². The van der Waals surface area contributed by atoms with Crippen LogP contribution >= 0.6 is 0 Å². The number of benzene rings is 2. The lowest BCUT2D eigenvalue weighted by Crippen LogP contribution is -2.20. The van der Waals surface area contributed by atoms with Crippen LogP contribution in [-0.4, -0.2) is 22.1 Å². The Bertz CT molecular complexity index is 1180. The number of hydrogen-bond donors (Lipinski definition) is 1. The van der Waals surface area contributed by atoms with Crippen molar-refractivity contribution in [3.8, 4) is 17.1 Å². The highest BCUT2D eigenvalue weighted by Gasteiger charge is 2.30. The molecule has 0 saturated heterocycles. The highest BCUT2D eigenvalue weighted by molar-refractivity contribution is 5.94. The van der Waals surface area contributed by atoms with Gasteiger partial charge in [-0.1, -0.05) is 0 Å². The summed E-state index contributed by atoms with van der Waals surface area (Å²) in [6.45, 7) is -0.338. The van der Waals surface area contributed by atoms with E-state index in [0.717, 1.165) is 34.6 Å². The maximum absolute atomic E-state index is 12.6. The monoisotopic (exact) mass is 415 g/mol. The smallest absolute Gasteiger partial charge is 0.416 e. The molecule has 2 aromatic carbocycles.